The molecule has 1 rings (SSSR count). The lowest BCUT2D eigenvalue weighted by Gasteiger charge is -2.16. The lowest BCUT2D eigenvalue weighted by Crippen LogP contribution is -2.37. The SMILES string of the molecule is COC(=O)[C@H](CCCCN)NCc1ccccc1. The minimum absolute atomic E-state index is 0.206. The van der Waals surface area contributed by atoms with E-state index in [0.717, 1.165) is 24.8 Å². The van der Waals surface area contributed by atoms with E-state index in [0.29, 0.717) is 13.1 Å². The number of nitrogens with two attached hydrogens (primary N) is 1. The van der Waals surface area contributed by atoms with Gasteiger partial charge in [0.2, 0.25) is 0 Å². The highest BCUT2D eigenvalue weighted by Gasteiger charge is 2.17. The average molecular weight is 250 g/mol. The maximum Gasteiger partial charge on any atom is 0.322 e. The van der Waals surface area contributed by atoms with Crippen molar-refractivity contribution in [1.29, 1.82) is 0 Å². The van der Waals surface area contributed by atoms with Crippen LogP contribution in [0.15, 0.2) is 30.3 Å². The number of hydrogen-bond donors (Lipinski definition) is 2. The molecule has 0 saturated heterocycles. The third-order valence-electron chi connectivity index (χ3n) is 2.83. The van der Waals surface area contributed by atoms with Gasteiger partial charge in [-0.15, -0.1) is 0 Å². The summed E-state index contributed by atoms with van der Waals surface area (Å²) in [7, 11) is 1.42. The number of carbonyl (C=O) groups is 1. The molecule has 0 saturated carbocycles. The molecular formula is C14H22N2O2. The van der Waals surface area contributed by atoms with Crippen LogP contribution in [0, 0.1) is 0 Å². The number of unbranched alkanes of at least 4 members (excludes halogenated alkanes) is 1. The van der Waals surface area contributed by atoms with Crippen molar-refractivity contribution in [2.75, 3.05) is 13.7 Å². The van der Waals surface area contributed by atoms with E-state index in [4.69, 9.17) is 10.5 Å². The quantitative estimate of drug-likeness (QED) is 0.541. The number of nitrogens with one attached hydrogen (secondary N) is 1. The van der Waals surface area contributed by atoms with Gasteiger partial charge in [0.15, 0.2) is 0 Å². The van der Waals surface area contributed by atoms with Crippen molar-refractivity contribution in [2.24, 2.45) is 5.73 Å². The van der Waals surface area contributed by atoms with E-state index in [1.54, 1.807) is 0 Å². The Morgan fingerprint density at radius 1 is 1.33 bits per heavy atom. The minimum atomic E-state index is -0.248. The highest BCUT2D eigenvalue weighted by molar-refractivity contribution is 5.75. The third-order valence-corrected chi connectivity index (χ3v) is 2.83. The summed E-state index contributed by atoms with van der Waals surface area (Å²) in [6.45, 7) is 1.33. The molecule has 0 fully saturated rings. The van der Waals surface area contributed by atoms with Crippen molar-refractivity contribution >= 4 is 5.97 Å². The predicted octanol–water partition coefficient (Wildman–Crippen LogP) is 1.45. The molecule has 3 N–H and O–H groups in total. The average Bonchev–Trinajstić information content (AvgIpc) is 2.43. The Balaban J connectivity index is 2.43. The lowest BCUT2D eigenvalue weighted by atomic mass is 10.1. The number of benzene rings is 1. The Hall–Kier alpha value is -1.39. The summed E-state index contributed by atoms with van der Waals surface area (Å²) in [5.74, 6) is -0.206. The van der Waals surface area contributed by atoms with E-state index in [2.05, 4.69) is 5.32 Å². The van der Waals surface area contributed by atoms with Crippen molar-refractivity contribution in [3.63, 3.8) is 0 Å². The van der Waals surface area contributed by atoms with Gasteiger partial charge in [0.05, 0.1) is 7.11 Å². The summed E-state index contributed by atoms with van der Waals surface area (Å²) in [5, 5.41) is 3.23. The second-order valence-electron chi connectivity index (χ2n) is 4.23. The number of hydrogen-bond acceptors (Lipinski definition) is 4. The summed E-state index contributed by atoms with van der Waals surface area (Å²) < 4.78 is 4.80. The van der Waals surface area contributed by atoms with Gasteiger partial charge in [-0.3, -0.25) is 4.79 Å². The summed E-state index contributed by atoms with van der Waals surface area (Å²) in [6, 6.07) is 9.75. The first-order valence-corrected chi connectivity index (χ1v) is 6.33. The first-order valence-electron chi connectivity index (χ1n) is 6.33. The van der Waals surface area contributed by atoms with E-state index >= 15 is 0 Å². The van der Waals surface area contributed by atoms with Crippen LogP contribution in [0.1, 0.15) is 24.8 Å². The summed E-state index contributed by atoms with van der Waals surface area (Å²) in [4.78, 5) is 11.6. The zero-order valence-corrected chi connectivity index (χ0v) is 10.9. The van der Waals surface area contributed by atoms with Gasteiger partial charge in [0.25, 0.3) is 0 Å². The Morgan fingerprint density at radius 3 is 2.67 bits per heavy atom. The molecular weight excluding hydrogens is 228 g/mol. The molecule has 1 aromatic carbocycles. The van der Waals surface area contributed by atoms with Gasteiger partial charge in [-0.2, -0.15) is 0 Å². The van der Waals surface area contributed by atoms with Gasteiger partial charge in [0, 0.05) is 6.54 Å². The molecule has 1 atom stereocenters. The first kappa shape index (κ1) is 14.7. The van der Waals surface area contributed by atoms with Crippen molar-refractivity contribution < 1.29 is 9.53 Å². The maximum absolute atomic E-state index is 11.6. The van der Waals surface area contributed by atoms with Crippen molar-refractivity contribution in [2.45, 2.75) is 31.8 Å². The Bertz CT molecular complexity index is 341. The third kappa shape index (κ3) is 5.29. The van der Waals surface area contributed by atoms with Crippen LogP contribution < -0.4 is 11.1 Å². The molecule has 1 aromatic rings. The molecule has 100 valence electrons. The van der Waals surface area contributed by atoms with Gasteiger partial charge in [0.1, 0.15) is 6.04 Å². The molecule has 0 amide bonds. The fourth-order valence-electron chi connectivity index (χ4n) is 1.78. The van der Waals surface area contributed by atoms with E-state index in [1.807, 2.05) is 30.3 Å². The molecule has 0 aliphatic heterocycles. The minimum Gasteiger partial charge on any atom is -0.468 e. The second kappa shape index (κ2) is 8.66. The molecule has 4 heteroatoms. The van der Waals surface area contributed by atoms with Crippen LogP contribution in [0.3, 0.4) is 0 Å². The summed E-state index contributed by atoms with van der Waals surface area (Å²) in [5.41, 5.74) is 6.61. The van der Waals surface area contributed by atoms with Crippen LogP contribution in [-0.2, 0) is 16.1 Å². The standard InChI is InChI=1S/C14H22N2O2/c1-18-14(17)13(9-5-6-10-15)16-11-12-7-3-2-4-8-12/h2-4,7-8,13,16H,5-6,9-11,15H2,1H3/t13-/m0/s1. The zero-order chi connectivity index (χ0) is 13.2. The Morgan fingerprint density at radius 2 is 2.06 bits per heavy atom. The van der Waals surface area contributed by atoms with Gasteiger partial charge in [-0.1, -0.05) is 36.8 Å². The number of methoxy groups -OCH3 is 1. The number of ether oxygens (including phenoxy) is 1. The van der Waals surface area contributed by atoms with Crippen molar-refractivity contribution in [3.8, 4) is 0 Å². The molecule has 18 heavy (non-hydrogen) atoms. The molecule has 0 aliphatic carbocycles. The number of carbonyl (C=O) groups excluding carboxylic acids is 1. The van der Waals surface area contributed by atoms with Gasteiger partial charge < -0.3 is 15.8 Å². The largest absolute Gasteiger partial charge is 0.468 e. The first-order chi connectivity index (χ1) is 8.77. The van der Waals surface area contributed by atoms with Crippen molar-refractivity contribution in [1.82, 2.24) is 5.32 Å². The van der Waals surface area contributed by atoms with Crippen molar-refractivity contribution in [3.05, 3.63) is 35.9 Å². The Kier molecular flexibility index (Phi) is 7.06. The van der Waals surface area contributed by atoms with Gasteiger partial charge in [-0.25, -0.2) is 0 Å². The molecule has 0 spiro atoms. The van der Waals surface area contributed by atoms with E-state index < -0.39 is 0 Å². The smallest absolute Gasteiger partial charge is 0.322 e. The van der Waals surface area contributed by atoms with Crippen LogP contribution in [0.5, 0.6) is 0 Å². The highest BCUT2D eigenvalue weighted by atomic mass is 16.5. The van der Waals surface area contributed by atoms with Gasteiger partial charge in [-0.05, 0) is 24.9 Å². The van der Waals surface area contributed by atoms with E-state index in [9.17, 15) is 4.79 Å². The summed E-state index contributed by atoms with van der Waals surface area (Å²) >= 11 is 0. The maximum atomic E-state index is 11.6. The monoisotopic (exact) mass is 250 g/mol. The molecule has 0 aromatic heterocycles. The van der Waals surface area contributed by atoms with Crippen LogP contribution in [0.2, 0.25) is 0 Å². The number of rotatable bonds is 8. The van der Waals surface area contributed by atoms with Crippen LogP contribution in [-0.4, -0.2) is 25.7 Å². The fraction of sp³-hybridized carbons (Fsp3) is 0.500. The molecule has 4 nitrogen and oxygen atoms in total. The number of esters is 1. The van der Waals surface area contributed by atoms with E-state index in [-0.39, 0.29) is 12.0 Å². The molecule has 0 heterocycles. The molecule has 0 radical (unpaired) electrons. The lowest BCUT2D eigenvalue weighted by molar-refractivity contribution is -0.143. The van der Waals surface area contributed by atoms with E-state index in [1.165, 1.54) is 7.11 Å². The zero-order valence-electron chi connectivity index (χ0n) is 10.9. The normalized spacial score (nSPS) is 12.1. The second-order valence-corrected chi connectivity index (χ2v) is 4.23. The predicted molar refractivity (Wildman–Crippen MR) is 72.0 cm³/mol. The fourth-order valence-corrected chi connectivity index (χ4v) is 1.78. The summed E-state index contributed by atoms with van der Waals surface area (Å²) in [6.07, 6.45) is 2.62. The van der Waals surface area contributed by atoms with Crippen LogP contribution >= 0.6 is 0 Å². The van der Waals surface area contributed by atoms with Crippen LogP contribution in [0.25, 0.3) is 0 Å². The molecule has 0 unspecified atom stereocenters. The molecule has 0 aliphatic rings. The van der Waals surface area contributed by atoms with Gasteiger partial charge >= 0.3 is 5.97 Å². The highest BCUT2D eigenvalue weighted by Crippen LogP contribution is 2.05. The topological polar surface area (TPSA) is 64.3 Å². The molecule has 0 bridgehead atoms. The van der Waals surface area contributed by atoms with Crippen LogP contribution in [0.4, 0.5) is 0 Å². The Labute approximate surface area is 109 Å².